The van der Waals surface area contributed by atoms with Crippen molar-refractivity contribution in [2.45, 2.75) is 31.1 Å². The summed E-state index contributed by atoms with van der Waals surface area (Å²) in [7, 11) is -3.76. The number of anilines is 1. The highest BCUT2D eigenvalue weighted by Crippen LogP contribution is 2.23. The second kappa shape index (κ2) is 8.63. The Kier molecular flexibility index (Phi) is 7.47. The van der Waals surface area contributed by atoms with Gasteiger partial charge in [0, 0.05) is 12.1 Å². The maximum absolute atomic E-state index is 12.1. The second-order valence-electron chi connectivity index (χ2n) is 5.91. The predicted octanol–water partition coefficient (Wildman–Crippen LogP) is 1.72. The van der Waals surface area contributed by atoms with Gasteiger partial charge < -0.3 is 10.6 Å². The molecule has 2 rings (SSSR count). The fraction of sp³-hybridized carbons (Fsp3) is 0.533. The van der Waals surface area contributed by atoms with Gasteiger partial charge in [-0.3, -0.25) is 4.79 Å². The first-order valence-electron chi connectivity index (χ1n) is 7.49. The standard InChI is InChI=1S/C15H23N3O3S.ClH/c1-11(12-4-3-7-17-10-12)8-15(19)18-13-5-2-6-14(9-13)22(16,20)21;/h2,5-6,9,11-12,17H,3-4,7-8,10H2,1H3,(H,18,19)(H2,16,20,21);1H. The number of piperidine rings is 1. The Labute approximate surface area is 143 Å². The monoisotopic (exact) mass is 361 g/mol. The highest BCUT2D eigenvalue weighted by molar-refractivity contribution is 7.89. The molecule has 1 aromatic rings. The van der Waals surface area contributed by atoms with Crippen molar-refractivity contribution in [1.29, 1.82) is 0 Å². The Hall–Kier alpha value is -1.15. The minimum Gasteiger partial charge on any atom is -0.326 e. The minimum absolute atomic E-state index is 0. The van der Waals surface area contributed by atoms with Crippen molar-refractivity contribution >= 4 is 34.0 Å². The molecule has 1 aliphatic rings. The van der Waals surface area contributed by atoms with Crippen molar-refractivity contribution in [2.75, 3.05) is 18.4 Å². The van der Waals surface area contributed by atoms with E-state index in [0.717, 1.165) is 25.9 Å². The van der Waals surface area contributed by atoms with E-state index in [1.807, 2.05) is 0 Å². The van der Waals surface area contributed by atoms with Crippen molar-refractivity contribution in [2.24, 2.45) is 17.0 Å². The Bertz CT molecular complexity index is 631. The van der Waals surface area contributed by atoms with Gasteiger partial charge in [-0.15, -0.1) is 12.4 Å². The first kappa shape index (κ1) is 19.9. The Morgan fingerprint density at radius 1 is 1.48 bits per heavy atom. The molecular formula is C15H24ClN3O3S. The van der Waals surface area contributed by atoms with Crippen LogP contribution in [-0.2, 0) is 14.8 Å². The van der Waals surface area contributed by atoms with Gasteiger partial charge >= 0.3 is 0 Å². The number of sulfonamides is 1. The largest absolute Gasteiger partial charge is 0.326 e. The molecule has 4 N–H and O–H groups in total. The van der Waals surface area contributed by atoms with Crippen LogP contribution in [0.15, 0.2) is 29.2 Å². The van der Waals surface area contributed by atoms with Crippen LogP contribution < -0.4 is 15.8 Å². The van der Waals surface area contributed by atoms with Crippen LogP contribution in [-0.4, -0.2) is 27.4 Å². The molecular weight excluding hydrogens is 338 g/mol. The van der Waals surface area contributed by atoms with Crippen molar-refractivity contribution in [3.63, 3.8) is 0 Å². The fourth-order valence-corrected chi connectivity index (χ4v) is 3.35. The summed E-state index contributed by atoms with van der Waals surface area (Å²) < 4.78 is 22.6. The summed E-state index contributed by atoms with van der Waals surface area (Å²) in [5.74, 6) is 0.689. The number of nitrogens with two attached hydrogens (primary N) is 1. The molecule has 0 spiro atoms. The molecule has 23 heavy (non-hydrogen) atoms. The fourth-order valence-electron chi connectivity index (χ4n) is 2.79. The number of carbonyl (C=O) groups is 1. The third-order valence-corrected chi connectivity index (χ3v) is 5.00. The Balaban J connectivity index is 0.00000264. The number of carbonyl (C=O) groups excluding carboxylic acids is 1. The summed E-state index contributed by atoms with van der Waals surface area (Å²) >= 11 is 0. The molecule has 0 saturated carbocycles. The number of hydrogen-bond donors (Lipinski definition) is 3. The third-order valence-electron chi connectivity index (χ3n) is 4.09. The molecule has 1 aliphatic heterocycles. The molecule has 1 fully saturated rings. The molecule has 0 aliphatic carbocycles. The van der Waals surface area contributed by atoms with Crippen molar-refractivity contribution in [3.8, 4) is 0 Å². The molecule has 1 heterocycles. The van der Waals surface area contributed by atoms with Crippen LogP contribution in [0.4, 0.5) is 5.69 Å². The first-order valence-corrected chi connectivity index (χ1v) is 9.04. The van der Waals surface area contributed by atoms with E-state index < -0.39 is 10.0 Å². The zero-order chi connectivity index (χ0) is 16.2. The zero-order valence-corrected chi connectivity index (χ0v) is 14.8. The number of benzene rings is 1. The predicted molar refractivity (Wildman–Crippen MR) is 93.1 cm³/mol. The lowest BCUT2D eigenvalue weighted by atomic mass is 9.85. The maximum atomic E-state index is 12.1. The van der Waals surface area contributed by atoms with E-state index in [0.29, 0.717) is 18.0 Å². The molecule has 2 atom stereocenters. The van der Waals surface area contributed by atoms with Crippen LogP contribution in [0.2, 0.25) is 0 Å². The molecule has 0 bridgehead atoms. The number of rotatable bonds is 5. The molecule has 8 heteroatoms. The average molecular weight is 362 g/mol. The summed E-state index contributed by atoms with van der Waals surface area (Å²) in [6.07, 6.45) is 2.71. The molecule has 130 valence electrons. The quantitative estimate of drug-likeness (QED) is 0.743. The lowest BCUT2D eigenvalue weighted by molar-refractivity contribution is -0.117. The average Bonchev–Trinajstić information content (AvgIpc) is 2.47. The van der Waals surface area contributed by atoms with E-state index >= 15 is 0 Å². The summed E-state index contributed by atoms with van der Waals surface area (Å²) in [6.45, 7) is 4.09. The van der Waals surface area contributed by atoms with E-state index in [-0.39, 0.29) is 29.1 Å². The maximum Gasteiger partial charge on any atom is 0.238 e. The number of hydrogen-bond acceptors (Lipinski definition) is 4. The van der Waals surface area contributed by atoms with E-state index in [9.17, 15) is 13.2 Å². The van der Waals surface area contributed by atoms with Gasteiger partial charge in [0.2, 0.25) is 15.9 Å². The minimum atomic E-state index is -3.76. The molecule has 6 nitrogen and oxygen atoms in total. The van der Waals surface area contributed by atoms with Gasteiger partial charge in [0.15, 0.2) is 0 Å². The Morgan fingerprint density at radius 2 is 2.22 bits per heavy atom. The highest BCUT2D eigenvalue weighted by Gasteiger charge is 2.22. The molecule has 0 radical (unpaired) electrons. The highest BCUT2D eigenvalue weighted by atomic mass is 35.5. The first-order chi connectivity index (χ1) is 10.4. The van der Waals surface area contributed by atoms with Gasteiger partial charge in [-0.05, 0) is 56.0 Å². The summed E-state index contributed by atoms with van der Waals surface area (Å²) in [6, 6.07) is 5.99. The molecule has 2 unspecified atom stereocenters. The van der Waals surface area contributed by atoms with E-state index in [1.165, 1.54) is 12.1 Å². The lowest BCUT2D eigenvalue weighted by Crippen LogP contribution is -2.34. The van der Waals surface area contributed by atoms with Crippen LogP contribution in [0, 0.1) is 11.8 Å². The van der Waals surface area contributed by atoms with Gasteiger partial charge in [-0.1, -0.05) is 13.0 Å². The van der Waals surface area contributed by atoms with Crippen LogP contribution in [0.5, 0.6) is 0 Å². The number of halogens is 1. The second-order valence-corrected chi connectivity index (χ2v) is 7.47. The molecule has 1 saturated heterocycles. The number of primary sulfonamides is 1. The number of amides is 1. The summed E-state index contributed by atoms with van der Waals surface area (Å²) in [5, 5.41) is 11.2. The molecule has 1 aromatic carbocycles. The van der Waals surface area contributed by atoms with E-state index in [1.54, 1.807) is 12.1 Å². The molecule has 0 aromatic heterocycles. The van der Waals surface area contributed by atoms with Gasteiger partial charge in [0.05, 0.1) is 4.90 Å². The van der Waals surface area contributed by atoms with E-state index in [4.69, 9.17) is 5.14 Å². The SMILES string of the molecule is CC(CC(=O)Nc1cccc(S(N)(=O)=O)c1)C1CCCNC1.Cl. The van der Waals surface area contributed by atoms with Crippen LogP contribution in [0.25, 0.3) is 0 Å². The summed E-state index contributed by atoms with van der Waals surface area (Å²) in [5.41, 5.74) is 0.450. The topological polar surface area (TPSA) is 101 Å². The third kappa shape index (κ3) is 6.10. The van der Waals surface area contributed by atoms with Gasteiger partial charge in [-0.2, -0.15) is 0 Å². The molecule has 1 amide bonds. The number of nitrogens with one attached hydrogen (secondary N) is 2. The van der Waals surface area contributed by atoms with Crippen molar-refractivity contribution in [1.82, 2.24) is 5.32 Å². The van der Waals surface area contributed by atoms with Gasteiger partial charge in [0.25, 0.3) is 0 Å². The summed E-state index contributed by atoms with van der Waals surface area (Å²) in [4.78, 5) is 12.1. The van der Waals surface area contributed by atoms with Crippen molar-refractivity contribution in [3.05, 3.63) is 24.3 Å². The van der Waals surface area contributed by atoms with Crippen LogP contribution >= 0.6 is 12.4 Å². The van der Waals surface area contributed by atoms with Crippen molar-refractivity contribution < 1.29 is 13.2 Å². The normalized spacial score (nSPS) is 19.5. The van der Waals surface area contributed by atoms with Crippen LogP contribution in [0.3, 0.4) is 0 Å². The van der Waals surface area contributed by atoms with Crippen LogP contribution in [0.1, 0.15) is 26.2 Å². The zero-order valence-electron chi connectivity index (χ0n) is 13.1. The smallest absolute Gasteiger partial charge is 0.238 e. The van der Waals surface area contributed by atoms with Gasteiger partial charge in [-0.25, -0.2) is 13.6 Å². The lowest BCUT2D eigenvalue weighted by Gasteiger charge is -2.28. The van der Waals surface area contributed by atoms with E-state index in [2.05, 4.69) is 17.6 Å². The Morgan fingerprint density at radius 3 is 2.83 bits per heavy atom. The van der Waals surface area contributed by atoms with Gasteiger partial charge in [0.1, 0.15) is 0 Å².